The summed E-state index contributed by atoms with van der Waals surface area (Å²) in [7, 11) is 0. The summed E-state index contributed by atoms with van der Waals surface area (Å²) in [6, 6.07) is 0.492. The monoisotopic (exact) mass is 237 g/mol. The second-order valence-electron chi connectivity index (χ2n) is 5.72. The highest BCUT2D eigenvalue weighted by Crippen LogP contribution is 2.39. The molecule has 5 heteroatoms. The highest BCUT2D eigenvalue weighted by molar-refractivity contribution is 4.88. The van der Waals surface area contributed by atoms with Crippen molar-refractivity contribution in [3.63, 3.8) is 0 Å². The predicted molar refractivity (Wildman–Crippen MR) is 66.5 cm³/mol. The van der Waals surface area contributed by atoms with Crippen molar-refractivity contribution < 1.29 is 0 Å². The van der Waals surface area contributed by atoms with E-state index >= 15 is 0 Å². The molecule has 0 saturated heterocycles. The Hall–Kier alpha value is -0.970. The lowest BCUT2D eigenvalue weighted by molar-refractivity contribution is 0.182. The van der Waals surface area contributed by atoms with Gasteiger partial charge in [0.05, 0.1) is 12.6 Å². The molecule has 1 heterocycles. The minimum Gasteiger partial charge on any atom is -0.310 e. The van der Waals surface area contributed by atoms with Gasteiger partial charge < -0.3 is 5.32 Å². The summed E-state index contributed by atoms with van der Waals surface area (Å²) in [5, 5.41) is 15.4. The molecule has 1 aromatic heterocycles. The van der Waals surface area contributed by atoms with E-state index in [1.807, 2.05) is 4.68 Å². The Bertz CT molecular complexity index is 348. The van der Waals surface area contributed by atoms with Gasteiger partial charge in [0.15, 0.2) is 5.82 Å². The predicted octanol–water partition coefficient (Wildman–Crippen LogP) is 1.92. The van der Waals surface area contributed by atoms with Gasteiger partial charge in [-0.15, -0.1) is 5.10 Å². The smallest absolute Gasteiger partial charge is 0.165 e. The van der Waals surface area contributed by atoms with Crippen LogP contribution in [0.15, 0.2) is 0 Å². The number of rotatable bonds is 4. The number of nitrogens with one attached hydrogen (secondary N) is 1. The van der Waals surface area contributed by atoms with Crippen molar-refractivity contribution in [1.29, 1.82) is 0 Å². The number of nitrogens with zero attached hydrogens (tertiary/aromatic N) is 4. The molecule has 17 heavy (non-hydrogen) atoms. The van der Waals surface area contributed by atoms with Crippen molar-refractivity contribution in [3.8, 4) is 0 Å². The van der Waals surface area contributed by atoms with Crippen molar-refractivity contribution in [1.82, 2.24) is 25.5 Å². The molecule has 1 aliphatic rings. The van der Waals surface area contributed by atoms with Gasteiger partial charge in [-0.25, -0.2) is 4.68 Å². The number of hydrogen-bond donors (Lipinski definition) is 1. The summed E-state index contributed by atoms with van der Waals surface area (Å²) in [5.41, 5.74) is 0.492. The maximum absolute atomic E-state index is 4.16. The van der Waals surface area contributed by atoms with Crippen LogP contribution in [0.3, 0.4) is 0 Å². The highest BCUT2D eigenvalue weighted by atomic mass is 15.6. The van der Waals surface area contributed by atoms with Gasteiger partial charge in [0.1, 0.15) is 0 Å². The molecule has 0 spiro atoms. The van der Waals surface area contributed by atoms with Gasteiger partial charge in [-0.1, -0.05) is 20.8 Å². The number of hydrogen-bond acceptors (Lipinski definition) is 4. The minimum absolute atomic E-state index is 0.492. The Morgan fingerprint density at radius 3 is 2.71 bits per heavy atom. The van der Waals surface area contributed by atoms with E-state index < -0.39 is 0 Å². The SMILES string of the molecule is CCNCc1nnnn1C1CCC(C)(C)CC1. The van der Waals surface area contributed by atoms with Gasteiger partial charge in [0, 0.05) is 0 Å². The molecule has 1 aromatic rings. The number of aromatic nitrogens is 4. The van der Waals surface area contributed by atoms with Gasteiger partial charge in [0.2, 0.25) is 0 Å². The molecule has 1 N–H and O–H groups in total. The average molecular weight is 237 g/mol. The van der Waals surface area contributed by atoms with Crippen LogP contribution in [0.2, 0.25) is 0 Å². The minimum atomic E-state index is 0.492. The molecule has 1 fully saturated rings. The molecule has 0 aliphatic heterocycles. The standard InChI is InChI=1S/C12H23N5/c1-4-13-9-11-14-15-16-17(11)10-5-7-12(2,3)8-6-10/h10,13H,4-9H2,1-3H3. The Morgan fingerprint density at radius 1 is 1.35 bits per heavy atom. The van der Waals surface area contributed by atoms with E-state index in [-0.39, 0.29) is 0 Å². The molecular weight excluding hydrogens is 214 g/mol. The van der Waals surface area contributed by atoms with E-state index in [1.54, 1.807) is 0 Å². The molecule has 1 saturated carbocycles. The topological polar surface area (TPSA) is 55.6 Å². The Balaban J connectivity index is 2.00. The third kappa shape index (κ3) is 3.03. The Kier molecular flexibility index (Phi) is 3.76. The molecule has 0 bridgehead atoms. The fraction of sp³-hybridized carbons (Fsp3) is 0.917. The van der Waals surface area contributed by atoms with Gasteiger partial charge in [-0.05, 0) is 48.1 Å². The Morgan fingerprint density at radius 2 is 2.06 bits per heavy atom. The third-order valence-electron chi connectivity index (χ3n) is 3.75. The van der Waals surface area contributed by atoms with Crippen LogP contribution in [-0.4, -0.2) is 26.8 Å². The van der Waals surface area contributed by atoms with Gasteiger partial charge in [0.25, 0.3) is 0 Å². The van der Waals surface area contributed by atoms with Crippen LogP contribution < -0.4 is 5.32 Å². The van der Waals surface area contributed by atoms with E-state index in [0.717, 1.165) is 18.9 Å². The summed E-state index contributed by atoms with van der Waals surface area (Å²) in [4.78, 5) is 0. The second-order valence-corrected chi connectivity index (χ2v) is 5.72. The van der Waals surface area contributed by atoms with Crippen LogP contribution in [0.5, 0.6) is 0 Å². The molecule has 96 valence electrons. The van der Waals surface area contributed by atoms with Crippen molar-refractivity contribution in [2.75, 3.05) is 6.54 Å². The van der Waals surface area contributed by atoms with Crippen LogP contribution >= 0.6 is 0 Å². The first-order chi connectivity index (χ1) is 8.12. The zero-order chi connectivity index (χ0) is 12.3. The van der Waals surface area contributed by atoms with Crippen LogP contribution in [0, 0.1) is 5.41 Å². The van der Waals surface area contributed by atoms with Crippen LogP contribution in [0.4, 0.5) is 0 Å². The molecule has 1 aliphatic carbocycles. The lowest BCUT2D eigenvalue weighted by Gasteiger charge is -2.34. The molecule has 0 radical (unpaired) electrons. The first-order valence-electron chi connectivity index (χ1n) is 6.60. The lowest BCUT2D eigenvalue weighted by Crippen LogP contribution is -2.26. The Labute approximate surface area is 103 Å². The van der Waals surface area contributed by atoms with Crippen molar-refractivity contribution in [2.45, 2.75) is 59.0 Å². The molecule has 0 amide bonds. The largest absolute Gasteiger partial charge is 0.310 e. The molecule has 5 nitrogen and oxygen atoms in total. The molecule has 0 unspecified atom stereocenters. The van der Waals surface area contributed by atoms with E-state index in [4.69, 9.17) is 0 Å². The summed E-state index contributed by atoms with van der Waals surface area (Å²) in [5.74, 6) is 0.969. The van der Waals surface area contributed by atoms with Gasteiger partial charge in [-0.3, -0.25) is 0 Å². The first-order valence-corrected chi connectivity index (χ1v) is 6.60. The van der Waals surface area contributed by atoms with Crippen molar-refractivity contribution in [2.24, 2.45) is 5.41 Å². The van der Waals surface area contributed by atoms with Crippen molar-refractivity contribution >= 4 is 0 Å². The van der Waals surface area contributed by atoms with E-state index in [0.29, 0.717) is 11.5 Å². The lowest BCUT2D eigenvalue weighted by atomic mass is 9.75. The normalized spacial score (nSPS) is 20.6. The van der Waals surface area contributed by atoms with Gasteiger partial charge >= 0.3 is 0 Å². The summed E-state index contributed by atoms with van der Waals surface area (Å²) < 4.78 is 2.03. The van der Waals surface area contributed by atoms with E-state index in [1.165, 1.54) is 25.7 Å². The molecular formula is C12H23N5. The summed E-state index contributed by atoms with van der Waals surface area (Å²) in [6.07, 6.45) is 4.91. The number of tetrazole rings is 1. The zero-order valence-corrected chi connectivity index (χ0v) is 11.1. The molecule has 0 atom stereocenters. The van der Waals surface area contributed by atoms with E-state index in [2.05, 4.69) is 41.6 Å². The quantitative estimate of drug-likeness (QED) is 0.869. The van der Waals surface area contributed by atoms with Crippen LogP contribution in [0.1, 0.15) is 58.3 Å². The summed E-state index contributed by atoms with van der Waals surface area (Å²) >= 11 is 0. The first kappa shape index (κ1) is 12.5. The van der Waals surface area contributed by atoms with Crippen LogP contribution in [-0.2, 0) is 6.54 Å². The average Bonchev–Trinajstić information content (AvgIpc) is 2.74. The maximum Gasteiger partial charge on any atom is 0.165 e. The highest BCUT2D eigenvalue weighted by Gasteiger charge is 2.29. The van der Waals surface area contributed by atoms with Crippen LogP contribution in [0.25, 0.3) is 0 Å². The van der Waals surface area contributed by atoms with E-state index in [9.17, 15) is 0 Å². The van der Waals surface area contributed by atoms with Crippen molar-refractivity contribution in [3.05, 3.63) is 5.82 Å². The molecule has 0 aromatic carbocycles. The summed E-state index contributed by atoms with van der Waals surface area (Å²) in [6.45, 7) is 8.51. The second kappa shape index (κ2) is 5.12. The third-order valence-corrected chi connectivity index (χ3v) is 3.75. The van der Waals surface area contributed by atoms with Gasteiger partial charge in [-0.2, -0.15) is 0 Å². The zero-order valence-electron chi connectivity index (χ0n) is 11.1. The maximum atomic E-state index is 4.16. The fourth-order valence-corrected chi connectivity index (χ4v) is 2.48. The molecule has 2 rings (SSSR count). The fourth-order valence-electron chi connectivity index (χ4n) is 2.48.